The zero-order valence-electron chi connectivity index (χ0n) is 10.9. The average molecular weight is 264 g/mol. The molecule has 6 nitrogen and oxygen atoms in total. The molecule has 0 fully saturated rings. The second kappa shape index (κ2) is 7.15. The van der Waals surface area contributed by atoms with E-state index < -0.39 is 18.5 Å². The SMILES string of the molecule is CNC(=O)CNC(=O)COC(=O)c1cccc(C)c1. The van der Waals surface area contributed by atoms with Crippen LogP contribution in [0.4, 0.5) is 0 Å². The van der Waals surface area contributed by atoms with Crippen LogP contribution in [0.25, 0.3) is 0 Å². The lowest BCUT2D eigenvalue weighted by Crippen LogP contribution is -2.37. The Morgan fingerprint density at radius 3 is 2.58 bits per heavy atom. The Morgan fingerprint density at radius 1 is 1.21 bits per heavy atom. The normalized spacial score (nSPS) is 9.58. The minimum atomic E-state index is -0.571. The lowest BCUT2D eigenvalue weighted by Gasteiger charge is -2.06. The fourth-order valence-electron chi connectivity index (χ4n) is 1.30. The van der Waals surface area contributed by atoms with Crippen molar-refractivity contribution in [2.75, 3.05) is 20.2 Å². The van der Waals surface area contributed by atoms with Gasteiger partial charge in [0.25, 0.3) is 5.91 Å². The van der Waals surface area contributed by atoms with Crippen LogP contribution in [0.3, 0.4) is 0 Å². The van der Waals surface area contributed by atoms with E-state index in [0.29, 0.717) is 5.56 Å². The van der Waals surface area contributed by atoms with Crippen molar-refractivity contribution < 1.29 is 19.1 Å². The molecule has 1 aromatic carbocycles. The first-order valence-electron chi connectivity index (χ1n) is 5.74. The van der Waals surface area contributed by atoms with Gasteiger partial charge in [-0.15, -0.1) is 0 Å². The summed E-state index contributed by atoms with van der Waals surface area (Å²) < 4.78 is 4.83. The highest BCUT2D eigenvalue weighted by Gasteiger charge is 2.10. The van der Waals surface area contributed by atoms with E-state index in [2.05, 4.69) is 10.6 Å². The number of rotatable bonds is 5. The van der Waals surface area contributed by atoms with Gasteiger partial charge in [-0.25, -0.2) is 4.79 Å². The van der Waals surface area contributed by atoms with Gasteiger partial charge in [0.15, 0.2) is 6.61 Å². The number of likely N-dealkylation sites (N-methyl/N-ethyl adjacent to an activating group) is 1. The van der Waals surface area contributed by atoms with Crippen LogP contribution in [0.1, 0.15) is 15.9 Å². The fraction of sp³-hybridized carbons (Fsp3) is 0.308. The van der Waals surface area contributed by atoms with E-state index in [1.807, 2.05) is 13.0 Å². The summed E-state index contributed by atoms with van der Waals surface area (Å²) in [4.78, 5) is 33.8. The summed E-state index contributed by atoms with van der Waals surface area (Å²) in [6.07, 6.45) is 0. The van der Waals surface area contributed by atoms with E-state index in [1.165, 1.54) is 7.05 Å². The van der Waals surface area contributed by atoms with E-state index >= 15 is 0 Å². The molecule has 0 atom stereocenters. The highest BCUT2D eigenvalue weighted by molar-refractivity contribution is 5.92. The van der Waals surface area contributed by atoms with Crippen molar-refractivity contribution in [3.05, 3.63) is 35.4 Å². The second-order valence-corrected chi connectivity index (χ2v) is 3.90. The van der Waals surface area contributed by atoms with E-state index in [-0.39, 0.29) is 12.5 Å². The summed E-state index contributed by atoms with van der Waals surface area (Å²) in [6.45, 7) is 1.30. The lowest BCUT2D eigenvalue weighted by atomic mass is 10.1. The number of carbonyl (C=O) groups excluding carboxylic acids is 3. The predicted molar refractivity (Wildman–Crippen MR) is 68.5 cm³/mol. The van der Waals surface area contributed by atoms with Gasteiger partial charge in [-0.1, -0.05) is 17.7 Å². The second-order valence-electron chi connectivity index (χ2n) is 3.90. The van der Waals surface area contributed by atoms with Gasteiger partial charge < -0.3 is 15.4 Å². The molecule has 0 spiro atoms. The van der Waals surface area contributed by atoms with Crippen LogP contribution in [0, 0.1) is 6.92 Å². The Hall–Kier alpha value is -2.37. The van der Waals surface area contributed by atoms with Crippen LogP contribution < -0.4 is 10.6 Å². The standard InChI is InChI=1S/C13H16N2O4/c1-9-4-3-5-10(6-9)13(18)19-8-12(17)15-7-11(16)14-2/h3-6H,7-8H2,1-2H3,(H,14,16)(H,15,17). The van der Waals surface area contributed by atoms with E-state index in [1.54, 1.807) is 18.2 Å². The van der Waals surface area contributed by atoms with E-state index in [4.69, 9.17) is 4.74 Å². The third kappa shape index (κ3) is 5.20. The Labute approximate surface area is 111 Å². The molecule has 0 radical (unpaired) electrons. The highest BCUT2D eigenvalue weighted by atomic mass is 16.5. The number of esters is 1. The van der Waals surface area contributed by atoms with Crippen LogP contribution in [0.5, 0.6) is 0 Å². The van der Waals surface area contributed by atoms with Gasteiger partial charge in [-0.3, -0.25) is 9.59 Å². The topological polar surface area (TPSA) is 84.5 Å². The van der Waals surface area contributed by atoms with Crippen LogP contribution >= 0.6 is 0 Å². The lowest BCUT2D eigenvalue weighted by molar-refractivity contribution is -0.127. The monoisotopic (exact) mass is 264 g/mol. The predicted octanol–water partition coefficient (Wildman–Crippen LogP) is 0.0140. The minimum absolute atomic E-state index is 0.142. The first-order valence-corrected chi connectivity index (χ1v) is 5.74. The van der Waals surface area contributed by atoms with Crippen molar-refractivity contribution in [2.24, 2.45) is 0 Å². The van der Waals surface area contributed by atoms with Crippen LogP contribution in [-0.2, 0) is 14.3 Å². The van der Waals surface area contributed by atoms with E-state index in [9.17, 15) is 14.4 Å². The Morgan fingerprint density at radius 2 is 1.95 bits per heavy atom. The number of aryl methyl sites for hydroxylation is 1. The Bertz CT molecular complexity index is 485. The quantitative estimate of drug-likeness (QED) is 0.734. The van der Waals surface area contributed by atoms with Gasteiger partial charge >= 0.3 is 5.97 Å². The highest BCUT2D eigenvalue weighted by Crippen LogP contribution is 2.05. The van der Waals surface area contributed by atoms with Crippen LogP contribution in [0.2, 0.25) is 0 Å². The molecule has 2 amide bonds. The first-order chi connectivity index (χ1) is 9.02. The summed E-state index contributed by atoms with van der Waals surface area (Å²) in [6, 6.07) is 6.87. The van der Waals surface area contributed by atoms with Crippen molar-refractivity contribution in [3.63, 3.8) is 0 Å². The zero-order chi connectivity index (χ0) is 14.3. The number of hydrogen-bond acceptors (Lipinski definition) is 4. The summed E-state index contributed by atoms with van der Waals surface area (Å²) in [7, 11) is 1.46. The third-order valence-corrected chi connectivity index (χ3v) is 2.31. The summed E-state index contributed by atoms with van der Waals surface area (Å²) in [5.74, 6) is -1.42. The Balaban J connectivity index is 2.38. The molecule has 0 unspecified atom stereocenters. The summed E-state index contributed by atoms with van der Waals surface area (Å²) in [5.41, 5.74) is 1.32. The van der Waals surface area contributed by atoms with Crippen molar-refractivity contribution >= 4 is 17.8 Å². The molecule has 102 valence electrons. The molecule has 0 aliphatic heterocycles. The maximum Gasteiger partial charge on any atom is 0.338 e. The number of benzene rings is 1. The number of carbonyl (C=O) groups is 3. The molecular formula is C13H16N2O4. The molecular weight excluding hydrogens is 248 g/mol. The van der Waals surface area contributed by atoms with Crippen molar-refractivity contribution in [2.45, 2.75) is 6.92 Å². The summed E-state index contributed by atoms with van der Waals surface area (Å²) in [5, 5.41) is 4.68. The van der Waals surface area contributed by atoms with Crippen molar-refractivity contribution in [3.8, 4) is 0 Å². The van der Waals surface area contributed by atoms with E-state index in [0.717, 1.165) is 5.56 Å². The van der Waals surface area contributed by atoms with Gasteiger partial charge in [-0.2, -0.15) is 0 Å². The van der Waals surface area contributed by atoms with Crippen molar-refractivity contribution in [1.29, 1.82) is 0 Å². The maximum absolute atomic E-state index is 11.6. The van der Waals surface area contributed by atoms with Gasteiger partial charge in [0.2, 0.25) is 5.91 Å². The molecule has 1 aromatic rings. The number of amides is 2. The van der Waals surface area contributed by atoms with Gasteiger partial charge in [0.05, 0.1) is 12.1 Å². The molecule has 0 aliphatic rings. The minimum Gasteiger partial charge on any atom is -0.452 e. The molecule has 1 rings (SSSR count). The fourth-order valence-corrected chi connectivity index (χ4v) is 1.30. The molecule has 0 bridgehead atoms. The number of ether oxygens (including phenoxy) is 1. The molecule has 0 heterocycles. The molecule has 0 saturated carbocycles. The number of nitrogens with one attached hydrogen (secondary N) is 2. The molecule has 0 saturated heterocycles. The largest absolute Gasteiger partial charge is 0.452 e. The molecule has 19 heavy (non-hydrogen) atoms. The molecule has 0 aliphatic carbocycles. The van der Waals surface area contributed by atoms with Gasteiger partial charge in [0.1, 0.15) is 0 Å². The average Bonchev–Trinajstić information content (AvgIpc) is 2.41. The third-order valence-electron chi connectivity index (χ3n) is 2.31. The van der Waals surface area contributed by atoms with Crippen molar-refractivity contribution in [1.82, 2.24) is 10.6 Å². The zero-order valence-corrected chi connectivity index (χ0v) is 10.9. The summed E-state index contributed by atoms with van der Waals surface area (Å²) >= 11 is 0. The van der Waals surface area contributed by atoms with Gasteiger partial charge in [0, 0.05) is 7.05 Å². The van der Waals surface area contributed by atoms with Gasteiger partial charge in [-0.05, 0) is 19.1 Å². The Kier molecular flexibility index (Phi) is 5.53. The first kappa shape index (κ1) is 14.7. The van der Waals surface area contributed by atoms with Crippen LogP contribution in [0.15, 0.2) is 24.3 Å². The van der Waals surface area contributed by atoms with Crippen LogP contribution in [-0.4, -0.2) is 38.0 Å². The molecule has 0 aromatic heterocycles. The smallest absolute Gasteiger partial charge is 0.338 e. The molecule has 6 heteroatoms. The number of hydrogen-bond donors (Lipinski definition) is 2. The maximum atomic E-state index is 11.6. The molecule has 2 N–H and O–H groups in total.